The molecule has 4 nitrogen and oxygen atoms in total. The van der Waals surface area contributed by atoms with Gasteiger partial charge in [-0.25, -0.2) is 4.79 Å². The van der Waals surface area contributed by atoms with Crippen molar-refractivity contribution in [3.05, 3.63) is 35.2 Å². The standard InChI is InChI=1S/C16H18N2O2/c19-16(20)10-4-5-13-12(9-10)11-6-8-18-7-2-1-3-14(18)15(11)17-13/h4-5,9,11-12H,1-3,6-8H2,(H,19,20). The fraction of sp³-hybridized carbons (Fsp3) is 0.500. The number of allylic oxidation sites excluding steroid dienone is 4. The van der Waals surface area contributed by atoms with Crippen LogP contribution in [-0.2, 0) is 4.79 Å². The molecule has 4 rings (SSSR count). The van der Waals surface area contributed by atoms with Gasteiger partial charge in [0.1, 0.15) is 0 Å². The molecule has 0 radical (unpaired) electrons. The van der Waals surface area contributed by atoms with Gasteiger partial charge in [-0.15, -0.1) is 0 Å². The number of aliphatic carboxylic acids is 1. The number of carbonyl (C=O) groups is 1. The Hall–Kier alpha value is -1.84. The number of fused-ring (bicyclic) bond motifs is 4. The van der Waals surface area contributed by atoms with Gasteiger partial charge in [-0.3, -0.25) is 4.99 Å². The van der Waals surface area contributed by atoms with E-state index in [1.807, 2.05) is 12.2 Å². The first kappa shape index (κ1) is 11.9. The fourth-order valence-corrected chi connectivity index (χ4v) is 3.90. The highest BCUT2D eigenvalue weighted by Crippen LogP contribution is 2.44. The third-order valence-corrected chi connectivity index (χ3v) is 4.89. The van der Waals surface area contributed by atoms with Crippen molar-refractivity contribution in [1.29, 1.82) is 0 Å². The van der Waals surface area contributed by atoms with Crippen LogP contribution in [0.15, 0.2) is 40.2 Å². The summed E-state index contributed by atoms with van der Waals surface area (Å²) in [5.41, 5.74) is 4.12. The van der Waals surface area contributed by atoms with E-state index >= 15 is 0 Å². The lowest BCUT2D eigenvalue weighted by atomic mass is 9.80. The third kappa shape index (κ3) is 1.67. The first-order valence-corrected chi connectivity index (χ1v) is 7.44. The monoisotopic (exact) mass is 270 g/mol. The molecule has 3 heterocycles. The summed E-state index contributed by atoms with van der Waals surface area (Å²) >= 11 is 0. The topological polar surface area (TPSA) is 52.9 Å². The Morgan fingerprint density at radius 1 is 1.30 bits per heavy atom. The van der Waals surface area contributed by atoms with Crippen molar-refractivity contribution in [3.8, 4) is 0 Å². The van der Waals surface area contributed by atoms with Crippen molar-refractivity contribution in [2.45, 2.75) is 25.7 Å². The number of hydrogen-bond donors (Lipinski definition) is 1. The summed E-state index contributed by atoms with van der Waals surface area (Å²) in [6.07, 6.45) is 10.2. The minimum absolute atomic E-state index is 0.178. The van der Waals surface area contributed by atoms with Crippen molar-refractivity contribution in [2.24, 2.45) is 16.8 Å². The van der Waals surface area contributed by atoms with Crippen molar-refractivity contribution in [3.63, 3.8) is 0 Å². The Morgan fingerprint density at radius 2 is 2.20 bits per heavy atom. The highest BCUT2D eigenvalue weighted by Gasteiger charge is 2.40. The summed E-state index contributed by atoms with van der Waals surface area (Å²) in [6, 6.07) is 0. The van der Waals surface area contributed by atoms with Gasteiger partial charge in [0, 0.05) is 36.3 Å². The fourth-order valence-electron chi connectivity index (χ4n) is 3.90. The van der Waals surface area contributed by atoms with Crippen LogP contribution in [0, 0.1) is 11.8 Å². The van der Waals surface area contributed by atoms with Gasteiger partial charge in [0.05, 0.1) is 11.3 Å². The van der Waals surface area contributed by atoms with Gasteiger partial charge in [-0.05, 0) is 37.8 Å². The highest BCUT2D eigenvalue weighted by atomic mass is 16.4. The minimum atomic E-state index is -0.837. The van der Waals surface area contributed by atoms with Gasteiger partial charge < -0.3 is 10.0 Å². The zero-order valence-electron chi connectivity index (χ0n) is 11.4. The molecule has 4 heteroatoms. The molecule has 1 fully saturated rings. The zero-order valence-corrected chi connectivity index (χ0v) is 11.4. The van der Waals surface area contributed by atoms with Gasteiger partial charge in [0.25, 0.3) is 0 Å². The van der Waals surface area contributed by atoms with Crippen LogP contribution < -0.4 is 0 Å². The largest absolute Gasteiger partial charge is 0.478 e. The van der Waals surface area contributed by atoms with Gasteiger partial charge >= 0.3 is 5.97 Å². The van der Waals surface area contributed by atoms with E-state index in [2.05, 4.69) is 4.90 Å². The minimum Gasteiger partial charge on any atom is -0.478 e. The maximum Gasteiger partial charge on any atom is 0.335 e. The van der Waals surface area contributed by atoms with Crippen LogP contribution in [0.2, 0.25) is 0 Å². The van der Waals surface area contributed by atoms with Gasteiger partial charge in [-0.1, -0.05) is 6.08 Å². The van der Waals surface area contributed by atoms with Crippen molar-refractivity contribution < 1.29 is 9.90 Å². The Labute approximate surface area is 118 Å². The summed E-state index contributed by atoms with van der Waals surface area (Å²) in [6.45, 7) is 2.26. The lowest BCUT2D eigenvalue weighted by Crippen LogP contribution is -2.36. The van der Waals surface area contributed by atoms with E-state index in [0.29, 0.717) is 11.5 Å². The number of nitrogens with zero attached hydrogens (tertiary/aromatic N) is 2. The average Bonchev–Trinajstić information content (AvgIpc) is 2.85. The van der Waals surface area contributed by atoms with E-state index in [1.165, 1.54) is 24.2 Å². The second-order valence-electron chi connectivity index (χ2n) is 5.99. The molecule has 1 N–H and O–H groups in total. The van der Waals surface area contributed by atoms with E-state index < -0.39 is 5.97 Å². The van der Waals surface area contributed by atoms with Crippen LogP contribution in [0.5, 0.6) is 0 Å². The molecule has 0 aromatic carbocycles. The second kappa shape index (κ2) is 4.33. The molecule has 3 aliphatic heterocycles. The predicted octanol–water partition coefficient (Wildman–Crippen LogP) is 2.36. The van der Waals surface area contributed by atoms with Crippen LogP contribution in [-0.4, -0.2) is 34.8 Å². The average molecular weight is 270 g/mol. The number of rotatable bonds is 1. The van der Waals surface area contributed by atoms with Crippen LogP contribution in [0.1, 0.15) is 25.7 Å². The van der Waals surface area contributed by atoms with E-state index in [1.54, 1.807) is 6.08 Å². The van der Waals surface area contributed by atoms with E-state index in [9.17, 15) is 4.79 Å². The molecule has 2 unspecified atom stereocenters. The van der Waals surface area contributed by atoms with E-state index in [-0.39, 0.29) is 5.92 Å². The van der Waals surface area contributed by atoms with Crippen molar-refractivity contribution >= 4 is 11.7 Å². The van der Waals surface area contributed by atoms with Crippen LogP contribution in [0.4, 0.5) is 0 Å². The lowest BCUT2D eigenvalue weighted by molar-refractivity contribution is -0.132. The molecule has 2 atom stereocenters. The Bertz CT molecular complexity index is 598. The molecule has 1 saturated heterocycles. The molecular formula is C16H18N2O2. The van der Waals surface area contributed by atoms with Gasteiger partial charge in [0.2, 0.25) is 0 Å². The molecule has 0 aromatic rings. The molecule has 0 amide bonds. The molecule has 0 aromatic heterocycles. The molecule has 0 saturated carbocycles. The SMILES string of the molecule is O=C(O)C1=CC2C(=NC3=C4CCCCN4CCC32)C=C1. The molecule has 20 heavy (non-hydrogen) atoms. The van der Waals surface area contributed by atoms with Crippen molar-refractivity contribution in [2.75, 3.05) is 13.1 Å². The third-order valence-electron chi connectivity index (χ3n) is 4.89. The number of carboxylic acids is 1. The first-order chi connectivity index (χ1) is 9.74. The summed E-state index contributed by atoms with van der Waals surface area (Å²) in [5.74, 6) is -0.261. The predicted molar refractivity (Wildman–Crippen MR) is 76.3 cm³/mol. The van der Waals surface area contributed by atoms with Crippen LogP contribution in [0.25, 0.3) is 0 Å². The summed E-state index contributed by atoms with van der Waals surface area (Å²) in [5, 5.41) is 9.16. The smallest absolute Gasteiger partial charge is 0.335 e. The van der Waals surface area contributed by atoms with Crippen LogP contribution >= 0.6 is 0 Å². The lowest BCUT2D eigenvalue weighted by Gasteiger charge is -2.39. The maximum atomic E-state index is 11.2. The normalized spacial score (nSPS) is 31.3. The van der Waals surface area contributed by atoms with Gasteiger partial charge in [-0.2, -0.15) is 0 Å². The Morgan fingerprint density at radius 3 is 3.05 bits per heavy atom. The number of aliphatic imine (C=N–C) groups is 1. The number of hydrogen-bond acceptors (Lipinski definition) is 3. The number of carboxylic acid groups (broad SMARTS) is 1. The second-order valence-corrected chi connectivity index (χ2v) is 5.99. The summed E-state index contributed by atoms with van der Waals surface area (Å²) < 4.78 is 0. The highest BCUT2D eigenvalue weighted by molar-refractivity contribution is 6.06. The van der Waals surface area contributed by atoms with Crippen LogP contribution in [0.3, 0.4) is 0 Å². The first-order valence-electron chi connectivity index (χ1n) is 7.44. The molecule has 104 valence electrons. The zero-order chi connectivity index (χ0) is 13.7. The molecule has 4 aliphatic rings. The van der Waals surface area contributed by atoms with Gasteiger partial charge in [0.15, 0.2) is 0 Å². The number of piperidine rings is 1. The quantitative estimate of drug-likeness (QED) is 0.795. The van der Waals surface area contributed by atoms with E-state index in [0.717, 1.165) is 31.6 Å². The summed E-state index contributed by atoms with van der Waals surface area (Å²) in [4.78, 5) is 18.5. The summed E-state index contributed by atoms with van der Waals surface area (Å²) in [7, 11) is 0. The molecular weight excluding hydrogens is 252 g/mol. The van der Waals surface area contributed by atoms with E-state index in [4.69, 9.17) is 10.1 Å². The molecule has 1 aliphatic carbocycles. The molecule has 0 bridgehead atoms. The molecule has 0 spiro atoms. The Kier molecular flexibility index (Phi) is 2.59. The van der Waals surface area contributed by atoms with Crippen molar-refractivity contribution in [1.82, 2.24) is 4.90 Å². The Balaban J connectivity index is 1.74. The maximum absolute atomic E-state index is 11.2.